The summed E-state index contributed by atoms with van der Waals surface area (Å²) in [6.07, 6.45) is 3.12. The number of anilines is 4. The van der Waals surface area contributed by atoms with Crippen LogP contribution in [0, 0.1) is 0 Å². The van der Waals surface area contributed by atoms with Crippen LogP contribution in [0.15, 0.2) is 60.9 Å². The van der Waals surface area contributed by atoms with E-state index >= 15 is 0 Å². The summed E-state index contributed by atoms with van der Waals surface area (Å²) in [5, 5.41) is 8.60. The Bertz CT molecular complexity index is 1110. The predicted molar refractivity (Wildman–Crippen MR) is 112 cm³/mol. The van der Waals surface area contributed by atoms with E-state index in [9.17, 15) is 0 Å². The van der Waals surface area contributed by atoms with E-state index in [0.717, 1.165) is 22.3 Å². The molecule has 0 unspecified atom stereocenters. The van der Waals surface area contributed by atoms with Crippen molar-refractivity contribution in [1.29, 1.82) is 0 Å². The third-order valence-corrected chi connectivity index (χ3v) is 4.81. The molecule has 8 heteroatoms. The second kappa shape index (κ2) is 6.99. The number of hydrogen-bond acceptors (Lipinski definition) is 6. The Morgan fingerprint density at radius 3 is 1.86 bits per heavy atom. The van der Waals surface area contributed by atoms with Crippen molar-refractivity contribution in [2.24, 2.45) is 0 Å². The maximum absolute atomic E-state index is 6.09. The first-order chi connectivity index (χ1) is 13.5. The van der Waals surface area contributed by atoms with Crippen LogP contribution in [0.1, 0.15) is 11.1 Å². The smallest absolute Gasteiger partial charge is 0.145 e. The number of benzene rings is 2. The molecule has 8 nitrogen and oxygen atoms in total. The fourth-order valence-electron chi connectivity index (χ4n) is 3.24. The van der Waals surface area contributed by atoms with Crippen LogP contribution in [-0.4, -0.2) is 19.6 Å². The minimum atomic E-state index is 0.441. The number of nitrogens with zero attached hydrogens (tertiary/aromatic N) is 4. The van der Waals surface area contributed by atoms with Gasteiger partial charge in [-0.2, -0.15) is 10.2 Å². The molecule has 2 heterocycles. The highest BCUT2D eigenvalue weighted by Crippen LogP contribution is 2.29. The van der Waals surface area contributed by atoms with E-state index in [1.165, 1.54) is 0 Å². The first kappa shape index (κ1) is 17.5. The monoisotopic (exact) mass is 374 g/mol. The zero-order valence-electron chi connectivity index (χ0n) is 15.3. The molecule has 0 atom stereocenters. The van der Waals surface area contributed by atoms with Crippen molar-refractivity contribution in [3.05, 3.63) is 72.1 Å². The summed E-state index contributed by atoms with van der Waals surface area (Å²) < 4.78 is 3.38. The maximum Gasteiger partial charge on any atom is 0.145 e. The molecule has 0 bridgehead atoms. The van der Waals surface area contributed by atoms with Crippen LogP contribution in [0.2, 0.25) is 0 Å². The summed E-state index contributed by atoms with van der Waals surface area (Å²) in [4.78, 5) is 0. The molecule has 0 amide bonds. The first-order valence-corrected chi connectivity index (χ1v) is 8.84. The van der Waals surface area contributed by atoms with Crippen LogP contribution in [0.25, 0.3) is 11.1 Å². The van der Waals surface area contributed by atoms with E-state index in [0.29, 0.717) is 36.1 Å². The highest BCUT2D eigenvalue weighted by atomic mass is 15.3. The lowest BCUT2D eigenvalue weighted by atomic mass is 9.95. The molecule has 2 aromatic carbocycles. The molecule has 28 heavy (non-hydrogen) atoms. The Kier molecular flexibility index (Phi) is 4.36. The summed E-state index contributed by atoms with van der Waals surface area (Å²) in [7, 11) is 0. The maximum atomic E-state index is 6.09. The quantitative estimate of drug-likeness (QED) is 0.422. The van der Waals surface area contributed by atoms with E-state index in [2.05, 4.69) is 28.4 Å². The normalized spacial score (nSPS) is 11.0. The van der Waals surface area contributed by atoms with Crippen LogP contribution in [0.3, 0.4) is 0 Å². The molecule has 0 saturated carbocycles. The molecule has 4 rings (SSSR count). The third-order valence-electron chi connectivity index (χ3n) is 4.81. The van der Waals surface area contributed by atoms with E-state index in [4.69, 9.17) is 22.9 Å². The summed E-state index contributed by atoms with van der Waals surface area (Å²) in [5.41, 5.74) is 29.1. The van der Waals surface area contributed by atoms with Crippen molar-refractivity contribution in [2.75, 3.05) is 22.9 Å². The van der Waals surface area contributed by atoms with Gasteiger partial charge in [-0.15, -0.1) is 0 Å². The minimum absolute atomic E-state index is 0.441. The highest BCUT2D eigenvalue weighted by Gasteiger charge is 2.15. The molecule has 0 aliphatic carbocycles. The van der Waals surface area contributed by atoms with Crippen molar-refractivity contribution in [3.63, 3.8) is 0 Å². The molecule has 0 saturated heterocycles. The van der Waals surface area contributed by atoms with Crippen molar-refractivity contribution >= 4 is 23.0 Å². The first-order valence-electron chi connectivity index (χ1n) is 8.84. The lowest BCUT2D eigenvalue weighted by Crippen LogP contribution is -2.13. The average molecular weight is 374 g/mol. The third kappa shape index (κ3) is 3.11. The number of nitrogen functional groups attached to an aromatic ring is 4. The van der Waals surface area contributed by atoms with Gasteiger partial charge in [-0.25, -0.2) is 9.36 Å². The number of rotatable bonds is 5. The van der Waals surface area contributed by atoms with Crippen molar-refractivity contribution in [2.45, 2.75) is 13.1 Å². The fourth-order valence-corrected chi connectivity index (χ4v) is 3.24. The highest BCUT2D eigenvalue weighted by molar-refractivity contribution is 5.69. The van der Waals surface area contributed by atoms with Crippen molar-refractivity contribution < 1.29 is 0 Å². The van der Waals surface area contributed by atoms with E-state index in [1.54, 1.807) is 21.8 Å². The number of nitrogens with two attached hydrogens (primary N) is 4. The molecular weight excluding hydrogens is 352 g/mol. The Morgan fingerprint density at radius 1 is 0.679 bits per heavy atom. The van der Waals surface area contributed by atoms with Crippen LogP contribution < -0.4 is 22.9 Å². The Labute approximate surface area is 162 Å². The molecule has 2 aromatic heterocycles. The van der Waals surface area contributed by atoms with Gasteiger partial charge in [-0.05, 0) is 22.3 Å². The average Bonchev–Trinajstić information content (AvgIpc) is 3.20. The molecule has 0 radical (unpaired) electrons. The van der Waals surface area contributed by atoms with Gasteiger partial charge in [0.15, 0.2) is 0 Å². The largest absolute Gasteiger partial charge is 0.394 e. The van der Waals surface area contributed by atoms with Gasteiger partial charge < -0.3 is 22.9 Å². The van der Waals surface area contributed by atoms with Gasteiger partial charge in [-0.1, -0.05) is 48.5 Å². The van der Waals surface area contributed by atoms with Crippen LogP contribution in [-0.2, 0) is 13.1 Å². The molecule has 4 aromatic rings. The van der Waals surface area contributed by atoms with Crippen molar-refractivity contribution in [1.82, 2.24) is 19.6 Å². The fraction of sp³-hybridized carbons (Fsp3) is 0.100. The van der Waals surface area contributed by atoms with Gasteiger partial charge >= 0.3 is 0 Å². The molecule has 8 N–H and O–H groups in total. The molecule has 0 aliphatic heterocycles. The van der Waals surface area contributed by atoms with Crippen LogP contribution in [0.4, 0.5) is 23.0 Å². The Morgan fingerprint density at radius 2 is 1.29 bits per heavy atom. The molecule has 0 aliphatic rings. The minimum Gasteiger partial charge on any atom is -0.394 e. The van der Waals surface area contributed by atoms with Gasteiger partial charge in [0.05, 0.1) is 36.9 Å². The van der Waals surface area contributed by atoms with Gasteiger partial charge in [0, 0.05) is 0 Å². The van der Waals surface area contributed by atoms with Crippen molar-refractivity contribution in [3.8, 4) is 11.1 Å². The molecular formula is C20H22N8. The topological polar surface area (TPSA) is 140 Å². The van der Waals surface area contributed by atoms with Gasteiger partial charge in [-0.3, -0.25) is 0 Å². The van der Waals surface area contributed by atoms with E-state index in [1.807, 2.05) is 30.3 Å². The second-order valence-electron chi connectivity index (χ2n) is 6.59. The zero-order chi connectivity index (χ0) is 19.7. The predicted octanol–water partition coefficient (Wildman–Crippen LogP) is 2.17. The van der Waals surface area contributed by atoms with Gasteiger partial charge in [0.25, 0.3) is 0 Å². The number of hydrogen-bond donors (Lipinski definition) is 4. The van der Waals surface area contributed by atoms with Crippen LogP contribution in [0.5, 0.6) is 0 Å². The summed E-state index contributed by atoms with van der Waals surface area (Å²) in [6.45, 7) is 0.954. The van der Waals surface area contributed by atoms with E-state index < -0.39 is 0 Å². The van der Waals surface area contributed by atoms with Gasteiger partial charge in [0.2, 0.25) is 0 Å². The Hall–Kier alpha value is -3.94. The summed E-state index contributed by atoms with van der Waals surface area (Å²) in [5.74, 6) is 0.885. The Balaban J connectivity index is 1.83. The molecule has 0 fully saturated rings. The SMILES string of the molecule is Nc1cnn(Cc2cccc(-c3ccccc3)c2Cn2ncc(N)c2N)c1N. The van der Waals surface area contributed by atoms with E-state index in [-0.39, 0.29) is 0 Å². The lowest BCUT2D eigenvalue weighted by molar-refractivity contribution is 0.663. The lowest BCUT2D eigenvalue weighted by Gasteiger charge is -2.17. The molecule has 142 valence electrons. The second-order valence-corrected chi connectivity index (χ2v) is 6.59. The van der Waals surface area contributed by atoms with Gasteiger partial charge in [0.1, 0.15) is 11.6 Å². The summed E-state index contributed by atoms with van der Waals surface area (Å²) >= 11 is 0. The standard InChI is InChI=1S/C20H22N8/c21-17-9-25-27(19(17)23)11-14-7-4-8-15(13-5-2-1-3-6-13)16(14)12-28-20(24)18(22)10-26-28/h1-10H,11-12,21-24H2. The van der Waals surface area contributed by atoms with Crippen LogP contribution >= 0.6 is 0 Å². The number of aromatic nitrogens is 4. The summed E-state index contributed by atoms with van der Waals surface area (Å²) in [6, 6.07) is 16.3. The zero-order valence-corrected chi connectivity index (χ0v) is 15.3. The molecule has 0 spiro atoms.